The second-order valence-electron chi connectivity index (χ2n) is 8.53. The van der Waals surface area contributed by atoms with Crippen molar-refractivity contribution in [2.45, 2.75) is 26.2 Å². The SMILES string of the molecule is CCOc1ccc(C2CC2C(=O)Nc2nc3ccc(C(=O)Nc4c(C)cccc4Cl)cc3s2)cc1. The monoisotopic (exact) mass is 505 g/mol. The highest BCUT2D eigenvalue weighted by Gasteiger charge is 2.44. The van der Waals surface area contributed by atoms with Crippen molar-refractivity contribution in [3.63, 3.8) is 0 Å². The number of amides is 2. The normalized spacial score (nSPS) is 16.7. The molecule has 1 heterocycles. The fourth-order valence-electron chi connectivity index (χ4n) is 4.12. The molecule has 8 heteroatoms. The van der Waals surface area contributed by atoms with Crippen LogP contribution in [-0.2, 0) is 4.79 Å². The molecule has 2 amide bonds. The van der Waals surface area contributed by atoms with Gasteiger partial charge in [-0.3, -0.25) is 9.59 Å². The summed E-state index contributed by atoms with van der Waals surface area (Å²) >= 11 is 7.59. The number of carbonyl (C=O) groups excluding carboxylic acids is 2. The van der Waals surface area contributed by atoms with Gasteiger partial charge in [-0.2, -0.15) is 0 Å². The summed E-state index contributed by atoms with van der Waals surface area (Å²) in [5.74, 6) is 0.694. The summed E-state index contributed by atoms with van der Waals surface area (Å²) in [7, 11) is 0. The van der Waals surface area contributed by atoms with Gasteiger partial charge in [-0.25, -0.2) is 4.98 Å². The van der Waals surface area contributed by atoms with Gasteiger partial charge in [0.2, 0.25) is 5.91 Å². The van der Waals surface area contributed by atoms with Crippen LogP contribution in [0.25, 0.3) is 10.2 Å². The van der Waals surface area contributed by atoms with E-state index in [1.807, 2.05) is 50.2 Å². The molecule has 2 N–H and O–H groups in total. The van der Waals surface area contributed by atoms with Gasteiger partial charge in [0.1, 0.15) is 5.75 Å². The molecule has 5 rings (SSSR count). The van der Waals surface area contributed by atoms with Crippen LogP contribution in [0, 0.1) is 12.8 Å². The van der Waals surface area contributed by atoms with Crippen LogP contribution in [0.15, 0.2) is 60.7 Å². The quantitative estimate of drug-likeness (QED) is 0.294. The molecule has 35 heavy (non-hydrogen) atoms. The molecule has 0 bridgehead atoms. The first-order valence-corrected chi connectivity index (χ1v) is 12.6. The second-order valence-corrected chi connectivity index (χ2v) is 9.97. The number of ether oxygens (including phenoxy) is 1. The molecule has 2 unspecified atom stereocenters. The van der Waals surface area contributed by atoms with E-state index in [1.165, 1.54) is 11.3 Å². The summed E-state index contributed by atoms with van der Waals surface area (Å²) in [4.78, 5) is 30.1. The van der Waals surface area contributed by atoms with Gasteiger partial charge in [0, 0.05) is 11.5 Å². The van der Waals surface area contributed by atoms with Crippen molar-refractivity contribution >= 4 is 55.8 Å². The summed E-state index contributed by atoms with van der Waals surface area (Å²) in [6.45, 7) is 4.47. The van der Waals surface area contributed by atoms with E-state index < -0.39 is 0 Å². The molecular weight excluding hydrogens is 482 g/mol. The number of para-hydroxylation sites is 1. The highest BCUT2D eigenvalue weighted by atomic mass is 35.5. The van der Waals surface area contributed by atoms with Gasteiger partial charge < -0.3 is 15.4 Å². The Bertz CT molecular complexity index is 1400. The number of nitrogens with zero attached hydrogens (tertiary/aromatic N) is 1. The maximum absolute atomic E-state index is 12.8. The second kappa shape index (κ2) is 9.68. The number of carbonyl (C=O) groups is 2. The molecule has 6 nitrogen and oxygen atoms in total. The van der Waals surface area contributed by atoms with Gasteiger partial charge in [-0.15, -0.1) is 0 Å². The van der Waals surface area contributed by atoms with Gasteiger partial charge in [0.05, 0.1) is 27.5 Å². The first-order chi connectivity index (χ1) is 16.9. The van der Waals surface area contributed by atoms with E-state index in [4.69, 9.17) is 16.3 Å². The predicted molar refractivity (Wildman–Crippen MR) is 141 cm³/mol. The number of hydrogen-bond acceptors (Lipinski definition) is 5. The van der Waals surface area contributed by atoms with Gasteiger partial charge in [0.15, 0.2) is 5.13 Å². The molecule has 178 valence electrons. The summed E-state index contributed by atoms with van der Waals surface area (Å²) in [5, 5.41) is 6.86. The largest absolute Gasteiger partial charge is 0.494 e. The number of halogens is 1. The Hall–Kier alpha value is -3.42. The first-order valence-electron chi connectivity index (χ1n) is 11.4. The number of fused-ring (bicyclic) bond motifs is 1. The molecule has 1 aromatic heterocycles. The van der Waals surface area contributed by atoms with Crippen LogP contribution in [0.5, 0.6) is 5.75 Å². The highest BCUT2D eigenvalue weighted by Crippen LogP contribution is 2.48. The number of thiazole rings is 1. The van der Waals surface area contributed by atoms with Crippen LogP contribution in [0.3, 0.4) is 0 Å². The average molecular weight is 506 g/mol. The lowest BCUT2D eigenvalue weighted by Crippen LogP contribution is -2.14. The Balaban J connectivity index is 1.25. The van der Waals surface area contributed by atoms with E-state index >= 15 is 0 Å². The summed E-state index contributed by atoms with van der Waals surface area (Å²) in [6, 6.07) is 18.7. The van der Waals surface area contributed by atoms with Crippen LogP contribution < -0.4 is 15.4 Å². The lowest BCUT2D eigenvalue weighted by molar-refractivity contribution is -0.117. The summed E-state index contributed by atoms with van der Waals surface area (Å²) < 4.78 is 6.31. The molecule has 0 saturated heterocycles. The lowest BCUT2D eigenvalue weighted by atomic mass is 10.1. The molecule has 1 aliphatic carbocycles. The van der Waals surface area contributed by atoms with Crippen LogP contribution in [0.2, 0.25) is 5.02 Å². The van der Waals surface area contributed by atoms with Gasteiger partial charge in [-0.1, -0.05) is 47.2 Å². The standard InChI is InChI=1S/C27H24ClN3O3S/c1-3-34-18-10-7-16(8-11-18)19-14-20(19)26(33)31-27-29-22-12-9-17(13-23(22)35-27)25(32)30-24-15(2)5-4-6-21(24)28/h4-13,19-20H,3,14H2,1-2H3,(H,30,32)(H,29,31,33). The number of anilines is 2. The minimum absolute atomic E-state index is 0.0323. The van der Waals surface area contributed by atoms with E-state index in [-0.39, 0.29) is 23.7 Å². The molecule has 4 aromatic rings. The molecule has 1 fully saturated rings. The zero-order chi connectivity index (χ0) is 24.5. The predicted octanol–water partition coefficient (Wildman–Crippen LogP) is 6.65. The van der Waals surface area contributed by atoms with Crippen molar-refractivity contribution in [2.24, 2.45) is 5.92 Å². The fourth-order valence-corrected chi connectivity index (χ4v) is 5.30. The van der Waals surface area contributed by atoms with E-state index in [2.05, 4.69) is 15.6 Å². The number of aryl methyl sites for hydroxylation is 1. The summed E-state index contributed by atoms with van der Waals surface area (Å²) in [5.41, 5.74) is 3.86. The Morgan fingerprint density at radius 2 is 1.91 bits per heavy atom. The van der Waals surface area contributed by atoms with E-state index in [0.717, 1.165) is 33.5 Å². The average Bonchev–Trinajstić information content (AvgIpc) is 3.55. The number of benzene rings is 3. The van der Waals surface area contributed by atoms with Gasteiger partial charge in [-0.05, 0) is 73.7 Å². The number of nitrogens with one attached hydrogen (secondary N) is 2. The van der Waals surface area contributed by atoms with E-state index in [1.54, 1.807) is 24.3 Å². The molecule has 1 saturated carbocycles. The molecule has 0 aliphatic heterocycles. The summed E-state index contributed by atoms with van der Waals surface area (Å²) in [6.07, 6.45) is 0.816. The topological polar surface area (TPSA) is 80.3 Å². The smallest absolute Gasteiger partial charge is 0.255 e. The molecule has 0 radical (unpaired) electrons. The van der Waals surface area contributed by atoms with Crippen LogP contribution in [0.4, 0.5) is 10.8 Å². The van der Waals surface area contributed by atoms with Crippen LogP contribution in [0.1, 0.15) is 40.7 Å². The maximum Gasteiger partial charge on any atom is 0.255 e. The third-order valence-corrected chi connectivity index (χ3v) is 7.34. The number of aromatic nitrogens is 1. The van der Waals surface area contributed by atoms with Crippen molar-refractivity contribution < 1.29 is 14.3 Å². The van der Waals surface area contributed by atoms with Crippen LogP contribution in [-0.4, -0.2) is 23.4 Å². The molecule has 2 atom stereocenters. The van der Waals surface area contributed by atoms with E-state index in [9.17, 15) is 9.59 Å². The third kappa shape index (κ3) is 5.01. The van der Waals surface area contributed by atoms with Crippen LogP contribution >= 0.6 is 22.9 Å². The van der Waals surface area contributed by atoms with Crippen molar-refractivity contribution in [2.75, 3.05) is 17.2 Å². The Morgan fingerprint density at radius 1 is 1.11 bits per heavy atom. The molecule has 3 aromatic carbocycles. The van der Waals surface area contributed by atoms with Crippen molar-refractivity contribution in [3.05, 3.63) is 82.4 Å². The van der Waals surface area contributed by atoms with Crippen molar-refractivity contribution in [1.29, 1.82) is 0 Å². The van der Waals surface area contributed by atoms with E-state index in [0.29, 0.717) is 28.0 Å². The van der Waals surface area contributed by atoms with Crippen molar-refractivity contribution in [3.8, 4) is 5.75 Å². The fraction of sp³-hybridized carbons (Fsp3) is 0.222. The highest BCUT2D eigenvalue weighted by molar-refractivity contribution is 7.22. The number of hydrogen-bond donors (Lipinski definition) is 2. The zero-order valence-corrected chi connectivity index (χ0v) is 20.9. The zero-order valence-electron chi connectivity index (χ0n) is 19.3. The van der Waals surface area contributed by atoms with Crippen molar-refractivity contribution in [1.82, 2.24) is 4.98 Å². The van der Waals surface area contributed by atoms with Gasteiger partial charge in [0.25, 0.3) is 5.91 Å². The molecule has 1 aliphatic rings. The number of rotatable bonds is 7. The minimum Gasteiger partial charge on any atom is -0.494 e. The lowest BCUT2D eigenvalue weighted by Gasteiger charge is -2.10. The molecular formula is C27H24ClN3O3S. The Labute approximate surface area is 212 Å². The Kier molecular flexibility index (Phi) is 6.45. The minimum atomic E-state index is -0.252. The first kappa shape index (κ1) is 23.3. The van der Waals surface area contributed by atoms with Gasteiger partial charge >= 0.3 is 0 Å². The third-order valence-electron chi connectivity index (χ3n) is 6.09. The molecule has 0 spiro atoms. The Morgan fingerprint density at radius 3 is 2.66 bits per heavy atom. The maximum atomic E-state index is 12.8.